The Bertz CT molecular complexity index is 544. The molecule has 2 amide bonds. The number of ether oxygens (including phenoxy) is 1. The van der Waals surface area contributed by atoms with Crippen LogP contribution in [0.25, 0.3) is 0 Å². The Kier molecular flexibility index (Phi) is 8.15. The second kappa shape index (κ2) is 10.4. The predicted molar refractivity (Wildman–Crippen MR) is 104 cm³/mol. The Hall–Kier alpha value is -1.83. The van der Waals surface area contributed by atoms with Crippen LogP contribution >= 0.6 is 0 Å². The van der Waals surface area contributed by atoms with E-state index in [0.29, 0.717) is 12.3 Å². The highest BCUT2D eigenvalue weighted by Crippen LogP contribution is 2.16. The normalized spacial score (nSPS) is 18.2. The van der Waals surface area contributed by atoms with Crippen molar-refractivity contribution in [1.29, 1.82) is 0 Å². The molecule has 1 saturated heterocycles. The number of aliphatic hydroxyl groups is 1. The summed E-state index contributed by atoms with van der Waals surface area (Å²) < 4.78 is 5.79. The first-order valence-corrected chi connectivity index (χ1v) is 9.30. The molecule has 3 N–H and O–H groups in total. The van der Waals surface area contributed by atoms with Gasteiger partial charge in [0.15, 0.2) is 0 Å². The van der Waals surface area contributed by atoms with Gasteiger partial charge in [-0.25, -0.2) is 4.79 Å². The van der Waals surface area contributed by atoms with Crippen molar-refractivity contribution >= 4 is 11.7 Å². The summed E-state index contributed by atoms with van der Waals surface area (Å²) in [6.45, 7) is 9.79. The Labute approximate surface area is 156 Å². The second-order valence-corrected chi connectivity index (χ2v) is 7.06. The number of carbonyl (C=O) groups excluding carboxylic acids is 1. The van der Waals surface area contributed by atoms with E-state index in [4.69, 9.17) is 9.84 Å². The largest absolute Gasteiger partial charge is 0.492 e. The van der Waals surface area contributed by atoms with Crippen molar-refractivity contribution in [3.8, 4) is 5.75 Å². The molecule has 0 aliphatic carbocycles. The van der Waals surface area contributed by atoms with E-state index in [1.54, 1.807) is 0 Å². The Morgan fingerprint density at radius 2 is 1.85 bits per heavy atom. The monoisotopic (exact) mass is 364 g/mol. The third-order valence-corrected chi connectivity index (χ3v) is 4.88. The van der Waals surface area contributed by atoms with Gasteiger partial charge < -0.3 is 25.4 Å². The van der Waals surface area contributed by atoms with E-state index in [1.165, 1.54) is 0 Å². The summed E-state index contributed by atoms with van der Waals surface area (Å²) in [5.74, 6) is 0.809. The number of benzene rings is 1. The Morgan fingerprint density at radius 3 is 2.46 bits per heavy atom. The SMILES string of the molecule is CC(CO)C(C)NC(=O)Nc1ccc(OCCN2CCN(C)CC2)cc1. The summed E-state index contributed by atoms with van der Waals surface area (Å²) in [5, 5.41) is 14.7. The summed E-state index contributed by atoms with van der Waals surface area (Å²) in [4.78, 5) is 16.7. The summed E-state index contributed by atoms with van der Waals surface area (Å²) >= 11 is 0. The highest BCUT2D eigenvalue weighted by molar-refractivity contribution is 5.89. The van der Waals surface area contributed by atoms with Gasteiger partial charge in [-0.1, -0.05) is 6.92 Å². The van der Waals surface area contributed by atoms with Crippen LogP contribution in [0.15, 0.2) is 24.3 Å². The van der Waals surface area contributed by atoms with Crippen LogP contribution in [-0.4, -0.2) is 80.0 Å². The van der Waals surface area contributed by atoms with Crippen molar-refractivity contribution in [2.24, 2.45) is 5.92 Å². The lowest BCUT2D eigenvalue weighted by atomic mass is 10.1. The maximum Gasteiger partial charge on any atom is 0.319 e. The molecule has 146 valence electrons. The molecule has 0 bridgehead atoms. The number of likely N-dealkylation sites (N-methyl/N-ethyl adjacent to an activating group) is 1. The number of urea groups is 1. The molecule has 7 heteroatoms. The number of hydrogen-bond acceptors (Lipinski definition) is 5. The van der Waals surface area contributed by atoms with Crippen LogP contribution in [0.5, 0.6) is 5.75 Å². The molecule has 0 aromatic heterocycles. The average Bonchev–Trinajstić information content (AvgIpc) is 2.64. The smallest absolute Gasteiger partial charge is 0.319 e. The van der Waals surface area contributed by atoms with E-state index in [9.17, 15) is 4.79 Å². The van der Waals surface area contributed by atoms with Crippen LogP contribution in [0.2, 0.25) is 0 Å². The van der Waals surface area contributed by atoms with Crippen LogP contribution in [0.1, 0.15) is 13.8 Å². The van der Waals surface area contributed by atoms with Crippen LogP contribution in [0, 0.1) is 5.92 Å². The lowest BCUT2D eigenvalue weighted by Crippen LogP contribution is -2.45. The Balaban J connectivity index is 1.69. The number of nitrogens with one attached hydrogen (secondary N) is 2. The lowest BCUT2D eigenvalue weighted by Gasteiger charge is -2.32. The Morgan fingerprint density at radius 1 is 1.19 bits per heavy atom. The molecule has 1 aliphatic rings. The minimum Gasteiger partial charge on any atom is -0.492 e. The molecular formula is C19H32N4O3. The van der Waals surface area contributed by atoms with Gasteiger partial charge in [0.2, 0.25) is 0 Å². The van der Waals surface area contributed by atoms with E-state index < -0.39 is 0 Å². The quantitative estimate of drug-likeness (QED) is 0.651. The molecule has 7 nitrogen and oxygen atoms in total. The summed E-state index contributed by atoms with van der Waals surface area (Å²) in [5.41, 5.74) is 0.706. The molecule has 1 aliphatic heterocycles. The van der Waals surface area contributed by atoms with Crippen molar-refractivity contribution < 1.29 is 14.6 Å². The standard InChI is InChI=1S/C19H32N4O3/c1-15(14-24)16(2)20-19(25)21-17-4-6-18(7-5-17)26-13-12-23-10-8-22(3)9-11-23/h4-7,15-16,24H,8-14H2,1-3H3,(H2,20,21,25). The molecular weight excluding hydrogens is 332 g/mol. The van der Waals surface area contributed by atoms with Crippen molar-refractivity contribution in [3.05, 3.63) is 24.3 Å². The minimum atomic E-state index is -0.276. The van der Waals surface area contributed by atoms with Crippen LogP contribution in [-0.2, 0) is 0 Å². The van der Waals surface area contributed by atoms with Crippen LogP contribution in [0.4, 0.5) is 10.5 Å². The first-order valence-electron chi connectivity index (χ1n) is 9.30. The fraction of sp³-hybridized carbons (Fsp3) is 0.632. The molecule has 1 aromatic carbocycles. The van der Waals surface area contributed by atoms with Gasteiger partial charge in [-0.15, -0.1) is 0 Å². The van der Waals surface area contributed by atoms with Crippen molar-refractivity contribution in [2.45, 2.75) is 19.9 Å². The fourth-order valence-corrected chi connectivity index (χ4v) is 2.67. The van der Waals surface area contributed by atoms with Gasteiger partial charge in [0.25, 0.3) is 0 Å². The maximum absolute atomic E-state index is 12.0. The van der Waals surface area contributed by atoms with Gasteiger partial charge in [0.05, 0.1) is 0 Å². The number of anilines is 1. The van der Waals surface area contributed by atoms with Crippen molar-refractivity contribution in [3.63, 3.8) is 0 Å². The number of carbonyl (C=O) groups is 1. The van der Waals surface area contributed by atoms with Crippen LogP contribution < -0.4 is 15.4 Å². The second-order valence-electron chi connectivity index (χ2n) is 7.06. The number of aliphatic hydroxyl groups excluding tert-OH is 1. The molecule has 26 heavy (non-hydrogen) atoms. The van der Waals surface area contributed by atoms with Gasteiger partial charge in [-0.2, -0.15) is 0 Å². The molecule has 1 fully saturated rings. The number of hydrogen-bond donors (Lipinski definition) is 3. The molecule has 1 aromatic rings. The number of nitrogens with zero attached hydrogens (tertiary/aromatic N) is 2. The van der Waals surface area contributed by atoms with E-state index in [1.807, 2.05) is 38.1 Å². The maximum atomic E-state index is 12.0. The highest BCUT2D eigenvalue weighted by Gasteiger charge is 2.14. The van der Waals surface area contributed by atoms with Gasteiger partial charge in [0, 0.05) is 51.1 Å². The van der Waals surface area contributed by atoms with E-state index >= 15 is 0 Å². The van der Waals surface area contributed by atoms with E-state index in [0.717, 1.165) is 38.5 Å². The summed E-state index contributed by atoms with van der Waals surface area (Å²) in [6, 6.07) is 6.99. The first-order chi connectivity index (χ1) is 12.5. The van der Waals surface area contributed by atoms with Crippen LogP contribution in [0.3, 0.4) is 0 Å². The zero-order valence-electron chi connectivity index (χ0n) is 16.1. The zero-order valence-corrected chi connectivity index (χ0v) is 16.1. The topological polar surface area (TPSA) is 77.1 Å². The average molecular weight is 364 g/mol. The third kappa shape index (κ3) is 6.82. The highest BCUT2D eigenvalue weighted by atomic mass is 16.5. The summed E-state index contributed by atoms with van der Waals surface area (Å²) in [6.07, 6.45) is 0. The minimum absolute atomic E-state index is 0.0110. The summed E-state index contributed by atoms with van der Waals surface area (Å²) in [7, 11) is 2.15. The van der Waals surface area contributed by atoms with Crippen molar-refractivity contribution in [1.82, 2.24) is 15.1 Å². The van der Waals surface area contributed by atoms with E-state index in [2.05, 4.69) is 27.5 Å². The molecule has 0 radical (unpaired) electrons. The molecule has 0 spiro atoms. The predicted octanol–water partition coefficient (Wildman–Crippen LogP) is 1.45. The zero-order chi connectivity index (χ0) is 18.9. The van der Waals surface area contributed by atoms with Gasteiger partial charge in [-0.05, 0) is 44.2 Å². The molecule has 1 heterocycles. The number of rotatable bonds is 8. The molecule has 2 unspecified atom stereocenters. The van der Waals surface area contributed by atoms with Gasteiger partial charge >= 0.3 is 6.03 Å². The molecule has 0 saturated carbocycles. The molecule has 2 rings (SSSR count). The van der Waals surface area contributed by atoms with Crippen molar-refractivity contribution in [2.75, 3.05) is 58.3 Å². The van der Waals surface area contributed by atoms with Gasteiger partial charge in [0.1, 0.15) is 12.4 Å². The van der Waals surface area contributed by atoms with E-state index in [-0.39, 0.29) is 24.6 Å². The van der Waals surface area contributed by atoms with Gasteiger partial charge in [-0.3, -0.25) is 4.90 Å². The number of amides is 2. The fourth-order valence-electron chi connectivity index (χ4n) is 2.67. The lowest BCUT2D eigenvalue weighted by molar-refractivity contribution is 0.134. The molecule has 2 atom stereocenters. The number of piperazine rings is 1. The first kappa shape index (κ1) is 20.5. The third-order valence-electron chi connectivity index (χ3n) is 4.88.